The topological polar surface area (TPSA) is 42.3 Å². The minimum atomic E-state index is -3.82. The largest absolute Gasteiger partial charge is 0.344 e. The van der Waals surface area contributed by atoms with E-state index in [9.17, 15) is 8.42 Å². The van der Waals surface area contributed by atoms with Gasteiger partial charge in [-0.25, -0.2) is 8.42 Å². The number of hydrogen-bond acceptors (Lipinski definition) is 3. The Labute approximate surface area is 250 Å². The third kappa shape index (κ3) is 2.97. The predicted molar refractivity (Wildman–Crippen MR) is 172 cm³/mol. The number of para-hydroxylation sites is 4. The maximum atomic E-state index is 14.6. The van der Waals surface area contributed by atoms with E-state index in [1.807, 2.05) is 42.5 Å². The lowest BCUT2D eigenvalue weighted by Crippen LogP contribution is -2.42. The van der Waals surface area contributed by atoms with E-state index in [1.54, 1.807) is 6.07 Å². The highest BCUT2D eigenvalue weighted by atomic mass is 32.2. The van der Waals surface area contributed by atoms with Gasteiger partial charge < -0.3 is 9.47 Å². The van der Waals surface area contributed by atoms with E-state index in [-0.39, 0.29) is 0 Å². The van der Waals surface area contributed by atoms with Crippen LogP contribution in [0.15, 0.2) is 149 Å². The molecule has 0 atom stereocenters. The van der Waals surface area contributed by atoms with Crippen molar-refractivity contribution in [3.63, 3.8) is 0 Å². The van der Waals surface area contributed by atoms with Gasteiger partial charge in [-0.1, -0.05) is 91.0 Å². The van der Waals surface area contributed by atoms with E-state index in [4.69, 9.17) is 0 Å². The molecule has 4 nitrogen and oxygen atoms in total. The van der Waals surface area contributed by atoms with E-state index >= 15 is 0 Å². The van der Waals surface area contributed by atoms with Crippen LogP contribution in [0.2, 0.25) is 0 Å². The molecule has 1 aromatic heterocycles. The van der Waals surface area contributed by atoms with Crippen molar-refractivity contribution < 1.29 is 8.42 Å². The number of aromatic nitrogens is 1. The molecular weight excluding hydrogens is 548 g/mol. The Balaban J connectivity index is 1.52. The van der Waals surface area contributed by atoms with Crippen molar-refractivity contribution in [2.45, 2.75) is 15.2 Å². The molecule has 0 N–H and O–H groups in total. The van der Waals surface area contributed by atoms with Crippen LogP contribution in [0, 0.1) is 0 Å². The van der Waals surface area contributed by atoms with E-state index in [0.29, 0.717) is 9.79 Å². The second-order valence-corrected chi connectivity index (χ2v) is 13.3. The van der Waals surface area contributed by atoms with Crippen LogP contribution in [0.1, 0.15) is 22.3 Å². The van der Waals surface area contributed by atoms with Crippen molar-refractivity contribution in [2.24, 2.45) is 7.05 Å². The van der Waals surface area contributed by atoms with E-state index < -0.39 is 15.3 Å². The molecule has 3 heterocycles. The molecule has 6 aromatic carbocycles. The zero-order valence-electron chi connectivity index (χ0n) is 23.4. The first-order valence-corrected chi connectivity index (χ1v) is 15.9. The summed E-state index contributed by atoms with van der Waals surface area (Å²) in [4.78, 5) is 3.03. The van der Waals surface area contributed by atoms with Gasteiger partial charge in [-0.2, -0.15) is 0 Å². The van der Waals surface area contributed by atoms with Crippen molar-refractivity contribution in [1.29, 1.82) is 0 Å². The molecule has 0 bridgehead atoms. The number of anilines is 3. The Morgan fingerprint density at radius 1 is 0.512 bits per heavy atom. The molecule has 0 radical (unpaired) electrons. The Kier molecular flexibility index (Phi) is 4.82. The summed E-state index contributed by atoms with van der Waals surface area (Å²) in [5.74, 6) is 0. The van der Waals surface area contributed by atoms with Gasteiger partial charge in [-0.3, -0.25) is 0 Å². The van der Waals surface area contributed by atoms with Crippen LogP contribution < -0.4 is 4.90 Å². The van der Waals surface area contributed by atoms with E-state index in [2.05, 4.69) is 108 Å². The van der Waals surface area contributed by atoms with Crippen molar-refractivity contribution in [3.05, 3.63) is 162 Å². The predicted octanol–water partition coefficient (Wildman–Crippen LogP) is 8.64. The molecule has 2 aliphatic rings. The molecule has 0 unspecified atom stereocenters. The molecule has 0 saturated heterocycles. The highest BCUT2D eigenvalue weighted by molar-refractivity contribution is 7.91. The van der Waals surface area contributed by atoms with Gasteiger partial charge in [0.1, 0.15) is 0 Å². The molecule has 43 heavy (non-hydrogen) atoms. The third-order valence-electron chi connectivity index (χ3n) is 9.40. The zero-order chi connectivity index (χ0) is 28.9. The molecule has 9 rings (SSSR count). The van der Waals surface area contributed by atoms with Crippen LogP contribution in [-0.4, -0.2) is 13.0 Å². The van der Waals surface area contributed by atoms with Crippen molar-refractivity contribution >= 4 is 48.7 Å². The number of hydrogen-bond donors (Lipinski definition) is 0. The van der Waals surface area contributed by atoms with Crippen LogP contribution in [0.25, 0.3) is 21.8 Å². The minimum Gasteiger partial charge on any atom is -0.344 e. The number of rotatable bonds is 1. The van der Waals surface area contributed by atoms with Crippen LogP contribution in [0.4, 0.5) is 17.1 Å². The van der Waals surface area contributed by atoms with Crippen molar-refractivity contribution in [2.75, 3.05) is 4.90 Å². The summed E-state index contributed by atoms with van der Waals surface area (Å²) in [5, 5.41) is 1.99. The summed E-state index contributed by atoms with van der Waals surface area (Å²) in [6.45, 7) is 0. The molecule has 0 fully saturated rings. The molecule has 2 aliphatic heterocycles. The van der Waals surface area contributed by atoms with Crippen molar-refractivity contribution in [1.82, 2.24) is 4.57 Å². The molecular formula is C38H26N2O2S. The maximum Gasteiger partial charge on any atom is 0.207 e. The first-order chi connectivity index (χ1) is 21.0. The van der Waals surface area contributed by atoms with Gasteiger partial charge in [0.2, 0.25) is 9.84 Å². The Hall–Kier alpha value is -5.13. The average molecular weight is 575 g/mol. The Morgan fingerprint density at radius 2 is 1.09 bits per heavy atom. The quantitative estimate of drug-likeness (QED) is 0.197. The maximum absolute atomic E-state index is 14.6. The van der Waals surface area contributed by atoms with E-state index in [0.717, 1.165) is 61.1 Å². The molecule has 0 saturated carbocycles. The van der Waals surface area contributed by atoms with Gasteiger partial charge in [0.15, 0.2) is 0 Å². The monoisotopic (exact) mass is 574 g/mol. The van der Waals surface area contributed by atoms with Gasteiger partial charge in [-0.05, 0) is 70.8 Å². The fourth-order valence-electron chi connectivity index (χ4n) is 7.66. The van der Waals surface area contributed by atoms with Gasteiger partial charge >= 0.3 is 0 Å². The Morgan fingerprint density at radius 3 is 1.81 bits per heavy atom. The number of sulfone groups is 1. The second-order valence-electron chi connectivity index (χ2n) is 11.4. The molecule has 206 valence electrons. The molecule has 7 aromatic rings. The highest BCUT2D eigenvalue weighted by Crippen LogP contribution is 2.62. The van der Waals surface area contributed by atoms with Crippen LogP contribution in [0.3, 0.4) is 0 Å². The van der Waals surface area contributed by atoms with Gasteiger partial charge in [-0.15, -0.1) is 0 Å². The SMILES string of the molecule is Cn1c2ccccc2c2cc3c(cc21)C1(c2ccccc2N(c2ccccc2)c2ccccc21)c1ccccc1S3(=O)=O. The molecule has 0 aliphatic carbocycles. The first kappa shape index (κ1) is 24.5. The number of aryl methyl sites for hydroxylation is 1. The fourth-order valence-corrected chi connectivity index (χ4v) is 9.44. The summed E-state index contributed by atoms with van der Waals surface area (Å²) < 4.78 is 31.4. The molecule has 0 amide bonds. The molecule has 5 heteroatoms. The lowest BCUT2D eigenvalue weighted by atomic mass is 9.62. The lowest BCUT2D eigenvalue weighted by molar-refractivity contribution is 0.578. The zero-order valence-corrected chi connectivity index (χ0v) is 24.2. The van der Waals surface area contributed by atoms with E-state index in [1.165, 1.54) is 0 Å². The minimum absolute atomic E-state index is 0.361. The second kappa shape index (κ2) is 8.46. The lowest BCUT2D eigenvalue weighted by Gasteiger charge is -2.48. The molecule has 1 spiro atoms. The summed E-state index contributed by atoms with van der Waals surface area (Å²) in [6.07, 6.45) is 0. The first-order valence-electron chi connectivity index (χ1n) is 14.4. The van der Waals surface area contributed by atoms with Crippen LogP contribution in [0.5, 0.6) is 0 Å². The summed E-state index contributed by atoms with van der Waals surface area (Å²) in [6, 6.07) is 47.2. The normalized spacial score (nSPS) is 15.6. The van der Waals surface area contributed by atoms with Crippen molar-refractivity contribution in [3.8, 4) is 0 Å². The van der Waals surface area contributed by atoms with Crippen LogP contribution >= 0.6 is 0 Å². The standard InChI is InChI=1S/C38H26N2O2S/c1-39-32-19-9-5-15-26(32)27-23-37-31(24-35(27)39)38(30-18-8-12-22-36(30)43(37,41)42)28-16-6-10-20-33(28)40(25-13-3-2-4-14-25)34-21-11-7-17-29(34)38/h2-24H,1H3. The summed E-state index contributed by atoms with van der Waals surface area (Å²) >= 11 is 0. The number of fused-ring (bicyclic) bond motifs is 11. The van der Waals surface area contributed by atoms with Crippen LogP contribution in [-0.2, 0) is 22.3 Å². The van der Waals surface area contributed by atoms with Gasteiger partial charge in [0.25, 0.3) is 0 Å². The number of benzene rings is 6. The van der Waals surface area contributed by atoms with Gasteiger partial charge in [0.05, 0.1) is 26.6 Å². The smallest absolute Gasteiger partial charge is 0.207 e. The fraction of sp³-hybridized carbons (Fsp3) is 0.0526. The van der Waals surface area contributed by atoms with Gasteiger partial charge in [0, 0.05) is 34.5 Å². The summed E-state index contributed by atoms with van der Waals surface area (Å²) in [5.41, 5.74) is 8.02. The Bertz CT molecular complexity index is 2340. The highest BCUT2D eigenvalue weighted by Gasteiger charge is 2.53. The summed E-state index contributed by atoms with van der Waals surface area (Å²) in [7, 11) is -1.76. The number of nitrogens with zero attached hydrogens (tertiary/aromatic N) is 2. The third-order valence-corrected chi connectivity index (χ3v) is 11.3. The average Bonchev–Trinajstić information content (AvgIpc) is 3.34.